The summed E-state index contributed by atoms with van der Waals surface area (Å²) in [6.07, 6.45) is 7.64. The number of hydrogen-bond donors (Lipinski definition) is 1. The van der Waals surface area contributed by atoms with E-state index in [4.69, 9.17) is 9.26 Å². The lowest BCUT2D eigenvalue weighted by molar-refractivity contribution is -0.123. The highest BCUT2D eigenvalue weighted by Gasteiger charge is 2.26. The Hall–Kier alpha value is -2.37. The normalized spacial score (nSPS) is 17.9. The number of amides is 1. The average Bonchev–Trinajstić information content (AvgIpc) is 2.95. The monoisotopic (exact) mass is 345 g/mol. The lowest BCUT2D eigenvalue weighted by atomic mass is 9.72. The standard InChI is InChI=1S/C19H27N3O3/c1-13-7-6-10-19(4,5)16(13)9-8-14(2)20-21-17(23)12-24-18-11-15(3)25-22-18/h8-9,11H,6-7,10,12H2,1-5H3,(H,21,23)/b9-8+,20-14+. The molecule has 0 radical (unpaired) electrons. The van der Waals surface area contributed by atoms with E-state index in [1.807, 2.05) is 13.0 Å². The molecular weight excluding hydrogens is 318 g/mol. The molecule has 1 aromatic rings. The molecule has 0 bridgehead atoms. The molecule has 2 rings (SSSR count). The van der Waals surface area contributed by atoms with Crippen molar-refractivity contribution in [2.45, 2.75) is 53.9 Å². The van der Waals surface area contributed by atoms with Crippen molar-refractivity contribution in [1.82, 2.24) is 10.6 Å². The lowest BCUT2D eigenvalue weighted by Crippen LogP contribution is -2.25. The fraction of sp³-hybridized carbons (Fsp3) is 0.526. The molecule has 0 atom stereocenters. The number of hydrogen-bond acceptors (Lipinski definition) is 5. The molecule has 6 nitrogen and oxygen atoms in total. The number of allylic oxidation sites excluding steroid dienone is 4. The van der Waals surface area contributed by atoms with Gasteiger partial charge in [0.2, 0.25) is 0 Å². The van der Waals surface area contributed by atoms with Gasteiger partial charge in [0.05, 0.1) is 5.71 Å². The van der Waals surface area contributed by atoms with Crippen molar-refractivity contribution in [2.24, 2.45) is 10.5 Å². The topological polar surface area (TPSA) is 76.7 Å². The predicted octanol–water partition coefficient (Wildman–Crippen LogP) is 3.94. The highest BCUT2D eigenvalue weighted by Crippen LogP contribution is 2.40. The molecule has 1 aliphatic carbocycles. The third kappa shape index (κ3) is 5.59. The van der Waals surface area contributed by atoms with Crippen molar-refractivity contribution in [3.8, 4) is 5.88 Å². The Morgan fingerprint density at radius 2 is 2.24 bits per heavy atom. The minimum absolute atomic E-state index is 0.163. The van der Waals surface area contributed by atoms with Crippen LogP contribution < -0.4 is 10.2 Å². The number of carbonyl (C=O) groups excluding carboxylic acids is 1. The summed E-state index contributed by atoms with van der Waals surface area (Å²) < 4.78 is 10.1. The summed E-state index contributed by atoms with van der Waals surface area (Å²) >= 11 is 0. The van der Waals surface area contributed by atoms with Crippen LogP contribution in [0.15, 0.2) is 39.0 Å². The molecule has 0 spiro atoms. The molecule has 6 heteroatoms. The number of hydrazone groups is 1. The molecule has 25 heavy (non-hydrogen) atoms. The highest BCUT2D eigenvalue weighted by atomic mass is 16.5. The van der Waals surface area contributed by atoms with Gasteiger partial charge in [-0.1, -0.05) is 25.5 Å². The molecule has 136 valence electrons. The van der Waals surface area contributed by atoms with Crippen molar-refractivity contribution < 1.29 is 14.1 Å². The van der Waals surface area contributed by atoms with E-state index in [1.165, 1.54) is 24.0 Å². The van der Waals surface area contributed by atoms with Crippen LogP contribution in [0, 0.1) is 12.3 Å². The zero-order chi connectivity index (χ0) is 18.4. The molecule has 1 amide bonds. The summed E-state index contributed by atoms with van der Waals surface area (Å²) in [7, 11) is 0. The zero-order valence-electron chi connectivity index (χ0n) is 15.7. The second kappa shape index (κ2) is 8.14. The SMILES string of the molecule is CC1=C(/C=C/C(C)=N/NC(=O)COc2cc(C)on2)C(C)(C)CCC1. The second-order valence-electron chi connectivity index (χ2n) is 7.12. The highest BCUT2D eigenvalue weighted by molar-refractivity contribution is 5.94. The zero-order valence-corrected chi connectivity index (χ0v) is 15.7. The first-order valence-corrected chi connectivity index (χ1v) is 8.55. The molecule has 0 aromatic carbocycles. The number of ether oxygens (including phenoxy) is 1. The van der Waals surface area contributed by atoms with Gasteiger partial charge in [0, 0.05) is 6.07 Å². The van der Waals surface area contributed by atoms with Gasteiger partial charge in [-0.3, -0.25) is 4.79 Å². The smallest absolute Gasteiger partial charge is 0.278 e. The second-order valence-corrected chi connectivity index (χ2v) is 7.12. The molecule has 1 heterocycles. The summed E-state index contributed by atoms with van der Waals surface area (Å²) in [4.78, 5) is 11.8. The Balaban J connectivity index is 1.87. The first-order valence-electron chi connectivity index (χ1n) is 8.55. The third-order valence-electron chi connectivity index (χ3n) is 4.35. The minimum atomic E-state index is -0.346. The summed E-state index contributed by atoms with van der Waals surface area (Å²) in [5.74, 6) is 0.571. The van der Waals surface area contributed by atoms with Crippen molar-refractivity contribution in [3.63, 3.8) is 0 Å². The molecule has 1 aliphatic rings. The van der Waals surface area contributed by atoms with Gasteiger partial charge < -0.3 is 9.26 Å². The Morgan fingerprint density at radius 3 is 2.88 bits per heavy atom. The molecule has 0 saturated heterocycles. The Bertz CT molecular complexity index is 711. The largest absolute Gasteiger partial charge is 0.465 e. The maximum absolute atomic E-state index is 11.8. The van der Waals surface area contributed by atoms with Crippen molar-refractivity contribution >= 4 is 11.6 Å². The van der Waals surface area contributed by atoms with Gasteiger partial charge in [-0.05, 0) is 62.3 Å². The van der Waals surface area contributed by atoms with Gasteiger partial charge in [0.25, 0.3) is 11.8 Å². The predicted molar refractivity (Wildman–Crippen MR) is 97.5 cm³/mol. The summed E-state index contributed by atoms with van der Waals surface area (Å²) in [6.45, 7) is 10.2. The minimum Gasteiger partial charge on any atom is -0.465 e. The number of rotatable bonds is 6. The van der Waals surface area contributed by atoms with E-state index in [2.05, 4.69) is 42.5 Å². The van der Waals surface area contributed by atoms with Crippen molar-refractivity contribution in [3.05, 3.63) is 35.1 Å². The van der Waals surface area contributed by atoms with Crippen molar-refractivity contribution in [1.29, 1.82) is 0 Å². The summed E-state index contributed by atoms with van der Waals surface area (Å²) in [6, 6.07) is 1.62. The fourth-order valence-electron chi connectivity index (χ4n) is 2.99. The maximum atomic E-state index is 11.8. The van der Waals surface area contributed by atoms with Gasteiger partial charge in [-0.25, -0.2) is 5.43 Å². The molecule has 0 unspecified atom stereocenters. The maximum Gasteiger partial charge on any atom is 0.278 e. The van der Waals surface area contributed by atoms with Crippen LogP contribution in [0.4, 0.5) is 0 Å². The number of carbonyl (C=O) groups is 1. The van der Waals surface area contributed by atoms with Gasteiger partial charge in [0.15, 0.2) is 6.61 Å². The molecule has 1 N–H and O–H groups in total. The molecular formula is C19H27N3O3. The van der Waals surface area contributed by atoms with Crippen LogP contribution in [0.2, 0.25) is 0 Å². The van der Waals surface area contributed by atoms with Crippen molar-refractivity contribution in [2.75, 3.05) is 6.61 Å². The van der Waals surface area contributed by atoms with Crippen LogP contribution in [-0.4, -0.2) is 23.4 Å². The molecule has 0 saturated carbocycles. The van der Waals surface area contributed by atoms with E-state index in [-0.39, 0.29) is 23.8 Å². The van der Waals surface area contributed by atoms with E-state index >= 15 is 0 Å². The van der Waals surface area contributed by atoms with Crippen LogP contribution in [0.1, 0.15) is 52.7 Å². The van der Waals surface area contributed by atoms with E-state index in [9.17, 15) is 4.79 Å². The van der Waals surface area contributed by atoms with Crippen LogP contribution in [0.3, 0.4) is 0 Å². The fourth-order valence-corrected chi connectivity index (χ4v) is 2.99. The van der Waals surface area contributed by atoms with Gasteiger partial charge in [-0.15, -0.1) is 0 Å². The summed E-state index contributed by atoms with van der Waals surface area (Å²) in [5, 5.41) is 7.74. The molecule has 1 aromatic heterocycles. The van der Waals surface area contributed by atoms with Gasteiger partial charge >= 0.3 is 0 Å². The van der Waals surface area contributed by atoms with Gasteiger partial charge in [0.1, 0.15) is 5.76 Å². The third-order valence-corrected chi connectivity index (χ3v) is 4.35. The first kappa shape index (κ1) is 19.0. The molecule has 0 fully saturated rings. The van der Waals surface area contributed by atoms with Crippen LogP contribution >= 0.6 is 0 Å². The number of aryl methyl sites for hydroxylation is 1. The van der Waals surface area contributed by atoms with Crippen LogP contribution in [0.5, 0.6) is 5.88 Å². The Labute approximate surface area is 149 Å². The summed E-state index contributed by atoms with van der Waals surface area (Å²) in [5.41, 5.74) is 6.19. The average molecular weight is 345 g/mol. The molecule has 0 aliphatic heterocycles. The first-order chi connectivity index (χ1) is 11.8. The Kier molecular flexibility index (Phi) is 6.17. The number of nitrogens with zero attached hydrogens (tertiary/aromatic N) is 2. The van der Waals surface area contributed by atoms with Gasteiger partial charge in [-0.2, -0.15) is 5.10 Å². The van der Waals surface area contributed by atoms with Crippen LogP contribution in [-0.2, 0) is 4.79 Å². The van der Waals surface area contributed by atoms with E-state index in [0.29, 0.717) is 5.76 Å². The Morgan fingerprint density at radius 1 is 1.48 bits per heavy atom. The number of aromatic nitrogens is 1. The number of nitrogens with one attached hydrogen (secondary N) is 1. The van der Waals surface area contributed by atoms with E-state index in [1.54, 1.807) is 13.0 Å². The lowest BCUT2D eigenvalue weighted by Gasteiger charge is -2.32. The van der Waals surface area contributed by atoms with Crippen LogP contribution in [0.25, 0.3) is 0 Å². The van der Waals surface area contributed by atoms with E-state index < -0.39 is 0 Å². The van der Waals surface area contributed by atoms with E-state index in [0.717, 1.165) is 12.1 Å². The quantitative estimate of drug-likeness (QED) is 0.626.